The second kappa shape index (κ2) is 12.7. The normalized spacial score (nSPS) is 9.29. The lowest BCUT2D eigenvalue weighted by Crippen LogP contribution is -3.00. The van der Waals surface area contributed by atoms with Gasteiger partial charge in [-0.05, 0) is 6.42 Å². The molecule has 14 heavy (non-hydrogen) atoms. The number of hydrogen-bond acceptors (Lipinski definition) is 2. The molecule has 0 saturated carbocycles. The Morgan fingerprint density at radius 2 is 1.71 bits per heavy atom. The number of esters is 1. The summed E-state index contributed by atoms with van der Waals surface area (Å²) in [5.74, 6) is -0.187. The van der Waals surface area contributed by atoms with Crippen molar-refractivity contribution in [2.75, 3.05) is 13.2 Å². The summed E-state index contributed by atoms with van der Waals surface area (Å²) >= 11 is 0. The number of carbonyl (C=O) groups excluding carboxylic acids is 1. The number of ether oxygens (including phenoxy) is 1. The van der Waals surface area contributed by atoms with E-state index in [-0.39, 0.29) is 24.9 Å². The van der Waals surface area contributed by atoms with Crippen LogP contribution in [0.15, 0.2) is 0 Å². The Bertz CT molecular complexity index is 131. The van der Waals surface area contributed by atoms with Gasteiger partial charge in [0.05, 0.1) is 6.61 Å². The Balaban J connectivity index is 0. The molecule has 0 rings (SSSR count). The summed E-state index contributed by atoms with van der Waals surface area (Å²) in [4.78, 5) is 10.7. The van der Waals surface area contributed by atoms with Crippen molar-refractivity contribution in [1.82, 2.24) is 0 Å². The molecule has 0 atom stereocenters. The van der Waals surface area contributed by atoms with Crippen molar-refractivity contribution in [2.24, 2.45) is 0 Å². The zero-order valence-electron chi connectivity index (χ0n) is 9.06. The Morgan fingerprint density at radius 3 is 2.29 bits per heavy atom. The van der Waals surface area contributed by atoms with Gasteiger partial charge in [-0.1, -0.05) is 39.0 Å². The van der Waals surface area contributed by atoms with Crippen molar-refractivity contribution < 1.29 is 27.7 Å². The van der Waals surface area contributed by atoms with Crippen LogP contribution in [0.25, 0.3) is 0 Å². The minimum Gasteiger partial charge on any atom is -1.00 e. The molecule has 0 fully saturated rings. The van der Waals surface area contributed by atoms with E-state index in [4.69, 9.17) is 4.74 Å². The first-order valence-electron chi connectivity index (χ1n) is 5.26. The summed E-state index contributed by atoms with van der Waals surface area (Å²) in [6.07, 6.45) is 7.32. The van der Waals surface area contributed by atoms with Crippen LogP contribution in [0.4, 0.5) is 0 Å². The highest BCUT2D eigenvalue weighted by atomic mass is 35.5. The van der Waals surface area contributed by atoms with Crippen LogP contribution < -0.4 is 18.1 Å². The topological polar surface area (TPSA) is 53.9 Å². The lowest BCUT2D eigenvalue weighted by Gasteiger charge is -2.01. The van der Waals surface area contributed by atoms with E-state index in [2.05, 4.69) is 12.7 Å². The van der Waals surface area contributed by atoms with Crippen LogP contribution >= 0.6 is 0 Å². The lowest BCUT2D eigenvalue weighted by molar-refractivity contribution is -0.359. The third kappa shape index (κ3) is 11.7. The maximum absolute atomic E-state index is 10.7. The van der Waals surface area contributed by atoms with Crippen molar-refractivity contribution in [3.05, 3.63) is 0 Å². The molecule has 0 aromatic carbocycles. The van der Waals surface area contributed by atoms with E-state index in [0.717, 1.165) is 6.42 Å². The zero-order chi connectivity index (χ0) is 9.94. The van der Waals surface area contributed by atoms with Crippen molar-refractivity contribution in [2.45, 2.75) is 45.4 Å². The summed E-state index contributed by atoms with van der Waals surface area (Å²) in [6, 6.07) is 0. The first-order chi connectivity index (χ1) is 6.31. The Labute approximate surface area is 92.8 Å². The van der Waals surface area contributed by atoms with Gasteiger partial charge < -0.3 is 22.9 Å². The molecule has 0 heterocycles. The average molecular weight is 224 g/mol. The fourth-order valence-electron chi connectivity index (χ4n) is 1.14. The predicted molar refractivity (Wildman–Crippen MR) is 52.1 cm³/mol. The van der Waals surface area contributed by atoms with E-state index in [0.29, 0.717) is 6.61 Å². The van der Waals surface area contributed by atoms with Gasteiger partial charge in [-0.3, -0.25) is 0 Å². The highest BCUT2D eigenvalue weighted by Gasteiger charge is 1.99. The van der Waals surface area contributed by atoms with Gasteiger partial charge in [-0.25, -0.2) is 4.79 Å². The van der Waals surface area contributed by atoms with Gasteiger partial charge in [0.25, 0.3) is 0 Å². The summed E-state index contributed by atoms with van der Waals surface area (Å²) in [7, 11) is 0. The average Bonchev–Trinajstić information content (AvgIpc) is 2.16. The fraction of sp³-hybridized carbons (Fsp3) is 0.900. The second-order valence-corrected chi connectivity index (χ2v) is 3.24. The van der Waals surface area contributed by atoms with Crippen molar-refractivity contribution in [1.29, 1.82) is 0 Å². The summed E-state index contributed by atoms with van der Waals surface area (Å²) in [5.41, 5.74) is 3.45. The molecule has 3 N–H and O–H groups in total. The number of quaternary nitrogens is 1. The van der Waals surface area contributed by atoms with Gasteiger partial charge in [-0.2, -0.15) is 0 Å². The number of halogens is 1. The molecule has 0 amide bonds. The SMILES string of the molecule is CCCCCCCCOC(=O)C[NH3+].[Cl-]. The molecule has 0 bridgehead atoms. The molecular weight excluding hydrogens is 202 g/mol. The van der Waals surface area contributed by atoms with Gasteiger partial charge in [-0.15, -0.1) is 0 Å². The van der Waals surface area contributed by atoms with Crippen LogP contribution in [0.3, 0.4) is 0 Å². The molecule has 0 radical (unpaired) electrons. The third-order valence-corrected chi connectivity index (χ3v) is 1.97. The molecule has 4 heteroatoms. The maximum Gasteiger partial charge on any atom is 0.361 e. The molecule has 0 aliphatic rings. The molecule has 0 unspecified atom stereocenters. The van der Waals surface area contributed by atoms with Crippen LogP contribution in [0, 0.1) is 0 Å². The molecule has 86 valence electrons. The van der Waals surface area contributed by atoms with E-state index in [9.17, 15) is 4.79 Å². The first kappa shape index (κ1) is 16.2. The molecule has 3 nitrogen and oxygen atoms in total. The van der Waals surface area contributed by atoms with E-state index < -0.39 is 0 Å². The number of hydrogen-bond donors (Lipinski definition) is 1. The summed E-state index contributed by atoms with van der Waals surface area (Å²) < 4.78 is 4.90. The third-order valence-electron chi connectivity index (χ3n) is 1.97. The van der Waals surface area contributed by atoms with Crippen molar-refractivity contribution in [3.8, 4) is 0 Å². The summed E-state index contributed by atoms with van der Waals surface area (Å²) in [5, 5.41) is 0. The predicted octanol–water partition coefficient (Wildman–Crippen LogP) is -1.86. The molecule has 0 saturated heterocycles. The molecular formula is C10H22ClNO2. The molecule has 0 spiro atoms. The van der Waals surface area contributed by atoms with Crippen molar-refractivity contribution >= 4 is 5.97 Å². The van der Waals surface area contributed by atoms with Crippen LogP contribution in [-0.2, 0) is 9.53 Å². The summed E-state index contributed by atoms with van der Waals surface area (Å²) in [6.45, 7) is 3.02. The zero-order valence-corrected chi connectivity index (χ0v) is 9.81. The van der Waals surface area contributed by atoms with E-state index in [1.54, 1.807) is 0 Å². The number of carbonyl (C=O) groups is 1. The van der Waals surface area contributed by atoms with Gasteiger partial charge in [0, 0.05) is 0 Å². The van der Waals surface area contributed by atoms with Gasteiger partial charge in [0.1, 0.15) is 0 Å². The van der Waals surface area contributed by atoms with Crippen LogP contribution in [-0.4, -0.2) is 19.1 Å². The van der Waals surface area contributed by atoms with E-state index in [1.165, 1.54) is 32.1 Å². The Hall–Kier alpha value is -0.280. The lowest BCUT2D eigenvalue weighted by atomic mass is 10.1. The molecule has 0 aliphatic heterocycles. The molecule has 0 aromatic heterocycles. The highest BCUT2D eigenvalue weighted by Crippen LogP contribution is 2.04. The standard InChI is InChI=1S/C10H21NO2.ClH/c1-2-3-4-5-6-7-8-13-10(12)9-11;/h2-9,11H2,1H3;1H. The first-order valence-corrected chi connectivity index (χ1v) is 5.26. The monoisotopic (exact) mass is 223 g/mol. The maximum atomic E-state index is 10.7. The number of rotatable bonds is 8. The fourth-order valence-corrected chi connectivity index (χ4v) is 1.14. The van der Waals surface area contributed by atoms with Crippen molar-refractivity contribution in [3.63, 3.8) is 0 Å². The van der Waals surface area contributed by atoms with E-state index >= 15 is 0 Å². The molecule has 0 aliphatic carbocycles. The van der Waals surface area contributed by atoms with Crippen LogP contribution in [0.1, 0.15) is 45.4 Å². The largest absolute Gasteiger partial charge is 1.00 e. The molecule has 0 aromatic rings. The van der Waals surface area contributed by atoms with Crippen LogP contribution in [0.2, 0.25) is 0 Å². The smallest absolute Gasteiger partial charge is 0.361 e. The van der Waals surface area contributed by atoms with E-state index in [1.807, 2.05) is 0 Å². The quantitative estimate of drug-likeness (QED) is 0.388. The Kier molecular flexibility index (Phi) is 14.7. The van der Waals surface area contributed by atoms with Gasteiger partial charge in [0.15, 0.2) is 6.54 Å². The van der Waals surface area contributed by atoms with Gasteiger partial charge in [0.2, 0.25) is 0 Å². The van der Waals surface area contributed by atoms with Gasteiger partial charge >= 0.3 is 5.97 Å². The Morgan fingerprint density at radius 1 is 1.14 bits per heavy atom. The second-order valence-electron chi connectivity index (χ2n) is 3.24. The minimum atomic E-state index is -0.187. The number of unbranched alkanes of at least 4 members (excludes halogenated alkanes) is 5. The van der Waals surface area contributed by atoms with Crippen LogP contribution in [0.5, 0.6) is 0 Å². The minimum absolute atomic E-state index is 0. The highest BCUT2D eigenvalue weighted by molar-refractivity contribution is 5.69.